The van der Waals surface area contributed by atoms with Gasteiger partial charge in [0.05, 0.1) is 13.1 Å². The molecule has 5 aliphatic rings. The smallest absolute Gasteiger partial charge is 0.410 e. The third kappa shape index (κ3) is 8.92. The molecule has 0 spiro atoms. The Balaban J connectivity index is 1.25. The molecule has 0 bridgehead atoms. The number of allylic oxidation sites excluding steroid dienone is 1. The van der Waals surface area contributed by atoms with Crippen LogP contribution >= 0.6 is 11.6 Å². The van der Waals surface area contributed by atoms with Gasteiger partial charge in [0.25, 0.3) is 5.91 Å². The van der Waals surface area contributed by atoms with Gasteiger partial charge in [0.1, 0.15) is 29.3 Å². The number of rotatable bonds is 5. The third-order valence-corrected chi connectivity index (χ3v) is 12.3. The van der Waals surface area contributed by atoms with Crippen LogP contribution in [0.15, 0.2) is 30.4 Å². The minimum absolute atomic E-state index is 0.0890. The third-order valence-electron chi connectivity index (χ3n) is 10.4. The molecule has 5 amide bonds. The largest absolute Gasteiger partial charge is 0.444 e. The Labute approximate surface area is 315 Å². The van der Waals surface area contributed by atoms with E-state index in [1.54, 1.807) is 32.9 Å². The molecule has 290 valence electrons. The van der Waals surface area contributed by atoms with Crippen molar-refractivity contribution >= 4 is 51.7 Å². The Kier molecular flexibility index (Phi) is 11.3. The number of carbonyl (C=O) groups excluding carboxylic acids is 5. The van der Waals surface area contributed by atoms with Crippen LogP contribution < -0.4 is 15.4 Å². The van der Waals surface area contributed by atoms with Crippen molar-refractivity contribution in [3.8, 4) is 0 Å². The molecule has 4 heterocycles. The summed E-state index contributed by atoms with van der Waals surface area (Å²) in [6.45, 7) is 6.07. The van der Waals surface area contributed by atoms with E-state index in [2.05, 4.69) is 15.4 Å². The molecule has 3 fully saturated rings. The maximum atomic E-state index is 14.4. The fourth-order valence-electron chi connectivity index (χ4n) is 7.54. The Morgan fingerprint density at radius 1 is 1.04 bits per heavy atom. The summed E-state index contributed by atoms with van der Waals surface area (Å²) in [6, 6.07) is 3.17. The van der Waals surface area contributed by atoms with E-state index < -0.39 is 75.4 Å². The zero-order chi connectivity index (χ0) is 38.1. The highest BCUT2D eigenvalue weighted by Gasteiger charge is 2.62. The summed E-state index contributed by atoms with van der Waals surface area (Å²) in [5, 5.41) is 6.05. The number of hydrogen-bond donors (Lipinski definition) is 3. The summed E-state index contributed by atoms with van der Waals surface area (Å²) >= 11 is 6.36. The molecule has 1 saturated carbocycles. The molecular formula is C36H49ClN6O9S. The molecule has 2 saturated heterocycles. The molecule has 15 nitrogen and oxygen atoms in total. The molecule has 5 atom stereocenters. The normalized spacial score (nSPS) is 28.8. The molecule has 17 heteroatoms. The average Bonchev–Trinajstić information content (AvgIpc) is 3.55. The highest BCUT2D eigenvalue weighted by Crippen LogP contribution is 2.46. The quantitative estimate of drug-likeness (QED) is 0.377. The van der Waals surface area contributed by atoms with E-state index in [1.807, 2.05) is 18.2 Å². The zero-order valence-corrected chi connectivity index (χ0v) is 32.0. The fourth-order valence-corrected chi connectivity index (χ4v) is 9.08. The molecule has 1 aromatic carbocycles. The van der Waals surface area contributed by atoms with Gasteiger partial charge >= 0.3 is 22.4 Å². The van der Waals surface area contributed by atoms with E-state index in [0.717, 1.165) is 24.0 Å². The first kappa shape index (κ1) is 38.8. The molecule has 1 aromatic rings. The molecule has 0 unspecified atom stereocenters. The first-order chi connectivity index (χ1) is 25.1. The molecule has 53 heavy (non-hydrogen) atoms. The lowest BCUT2D eigenvalue weighted by Gasteiger charge is -2.30. The number of benzene rings is 1. The predicted octanol–water partition coefficient (Wildman–Crippen LogP) is 3.51. The summed E-state index contributed by atoms with van der Waals surface area (Å²) in [4.78, 5) is 71.6. The van der Waals surface area contributed by atoms with Crippen molar-refractivity contribution in [3.63, 3.8) is 0 Å². The van der Waals surface area contributed by atoms with E-state index in [1.165, 1.54) is 14.1 Å². The van der Waals surface area contributed by atoms with Crippen LogP contribution in [0.2, 0.25) is 5.02 Å². The number of carbonyl (C=O) groups is 5. The van der Waals surface area contributed by atoms with Crippen LogP contribution in [0.25, 0.3) is 0 Å². The molecule has 0 aromatic heterocycles. The lowest BCUT2D eigenvalue weighted by molar-refractivity contribution is -0.141. The number of ether oxygens (including phenoxy) is 2. The fraction of sp³-hybridized carbons (Fsp3) is 0.639. The van der Waals surface area contributed by atoms with Crippen molar-refractivity contribution < 1.29 is 41.9 Å². The molecule has 3 N–H and O–H groups in total. The average molecular weight is 777 g/mol. The van der Waals surface area contributed by atoms with Gasteiger partial charge in [-0.3, -0.25) is 19.3 Å². The monoisotopic (exact) mass is 776 g/mol. The van der Waals surface area contributed by atoms with E-state index >= 15 is 0 Å². The number of nitrogens with zero attached hydrogens (tertiary/aromatic N) is 3. The van der Waals surface area contributed by atoms with Crippen LogP contribution in [-0.2, 0) is 47.2 Å². The second-order valence-electron chi connectivity index (χ2n) is 15.6. The van der Waals surface area contributed by atoms with Crippen molar-refractivity contribution in [3.05, 3.63) is 46.5 Å². The number of amides is 5. The van der Waals surface area contributed by atoms with Crippen LogP contribution in [0.4, 0.5) is 9.59 Å². The highest BCUT2D eigenvalue weighted by molar-refractivity contribution is 7.87. The molecule has 6 rings (SSSR count). The first-order valence-electron chi connectivity index (χ1n) is 18.4. The highest BCUT2D eigenvalue weighted by atomic mass is 35.5. The number of hydrogen-bond acceptors (Lipinski definition) is 9. The predicted molar refractivity (Wildman–Crippen MR) is 193 cm³/mol. The molecule has 1 aliphatic carbocycles. The van der Waals surface area contributed by atoms with Gasteiger partial charge in [0, 0.05) is 37.0 Å². The Bertz CT molecular complexity index is 1760. The minimum atomic E-state index is -4.14. The van der Waals surface area contributed by atoms with Gasteiger partial charge in [-0.25, -0.2) is 14.3 Å². The summed E-state index contributed by atoms with van der Waals surface area (Å²) in [5.74, 6) is -2.60. The lowest BCUT2D eigenvalue weighted by Crippen LogP contribution is -2.59. The Hall–Kier alpha value is -3.89. The van der Waals surface area contributed by atoms with E-state index in [4.69, 9.17) is 21.1 Å². The van der Waals surface area contributed by atoms with Gasteiger partial charge in [-0.05, 0) is 76.5 Å². The standard InChI is InChI=1S/C36H49ClN6O9S/c1-35(2,3)52-33(47)38-28-15-8-6-4-5-7-13-24-19-36(24,32(46)40-53(49,50)42-16-9-10-17-42)39-30(44)29-18-25(21-43(29)31(28)45)51-34(48)41-20-23-12-11-14-27(37)26(23)22-41/h7,11-14,24-25,28-29H,4-6,8-10,15-22H2,1-3H3,(H,38,47)(H,39,44)(H,40,46)/b13-7-/t24-,25+,28-,29-,36+/m0/s1. The van der Waals surface area contributed by atoms with Crippen molar-refractivity contribution in [1.82, 2.24) is 29.5 Å². The summed E-state index contributed by atoms with van der Waals surface area (Å²) in [7, 11) is -4.14. The van der Waals surface area contributed by atoms with Gasteiger partial charge in [-0.15, -0.1) is 0 Å². The lowest BCUT2D eigenvalue weighted by atomic mass is 10.0. The van der Waals surface area contributed by atoms with Crippen molar-refractivity contribution in [1.29, 1.82) is 0 Å². The SMILES string of the molecule is CC(C)(C)OC(=O)N[C@H]1CCCCC/C=C\[C@H]2C[C@@]2(C(=O)NS(=O)(=O)N2CCCC2)NC(=O)[C@@H]2C[C@@H](OC(=O)N3Cc4cccc(Cl)c4C3)CN2C1=O. The van der Waals surface area contributed by atoms with E-state index in [-0.39, 0.29) is 38.9 Å². The van der Waals surface area contributed by atoms with Crippen molar-refractivity contribution in [2.75, 3.05) is 19.6 Å². The van der Waals surface area contributed by atoms with Gasteiger partial charge < -0.3 is 25.0 Å². The van der Waals surface area contributed by atoms with E-state index in [9.17, 15) is 32.4 Å². The van der Waals surface area contributed by atoms with Crippen LogP contribution in [-0.4, -0.2) is 101 Å². The van der Waals surface area contributed by atoms with Crippen LogP contribution in [0.5, 0.6) is 0 Å². The van der Waals surface area contributed by atoms with Gasteiger partial charge in [0.15, 0.2) is 0 Å². The summed E-state index contributed by atoms with van der Waals surface area (Å²) in [5.41, 5.74) is -0.688. The maximum absolute atomic E-state index is 14.4. The van der Waals surface area contributed by atoms with Gasteiger partial charge in [0.2, 0.25) is 11.8 Å². The van der Waals surface area contributed by atoms with Crippen molar-refractivity contribution in [2.45, 2.75) is 121 Å². The maximum Gasteiger partial charge on any atom is 0.410 e. The Morgan fingerprint density at radius 3 is 2.51 bits per heavy atom. The summed E-state index contributed by atoms with van der Waals surface area (Å²) in [6.07, 6.45) is 5.88. The van der Waals surface area contributed by atoms with Crippen molar-refractivity contribution in [2.24, 2.45) is 5.92 Å². The second-order valence-corrected chi connectivity index (χ2v) is 17.6. The van der Waals surface area contributed by atoms with E-state index in [0.29, 0.717) is 43.8 Å². The second kappa shape index (κ2) is 15.5. The number of alkyl carbamates (subject to hydrolysis) is 1. The summed E-state index contributed by atoms with van der Waals surface area (Å²) < 4.78 is 41.0. The number of halogens is 1. The number of nitrogens with one attached hydrogen (secondary N) is 3. The first-order valence-corrected chi connectivity index (χ1v) is 20.2. The van der Waals surface area contributed by atoms with Crippen LogP contribution in [0.1, 0.15) is 89.7 Å². The minimum Gasteiger partial charge on any atom is -0.444 e. The molecule has 4 aliphatic heterocycles. The van der Waals surface area contributed by atoms with Crippen LogP contribution in [0, 0.1) is 5.92 Å². The molecule has 0 radical (unpaired) electrons. The van der Waals surface area contributed by atoms with Crippen LogP contribution in [0.3, 0.4) is 0 Å². The Morgan fingerprint density at radius 2 is 1.79 bits per heavy atom. The molecular weight excluding hydrogens is 728 g/mol. The number of fused-ring (bicyclic) bond motifs is 3. The van der Waals surface area contributed by atoms with Gasteiger partial charge in [-0.1, -0.05) is 48.7 Å². The zero-order valence-electron chi connectivity index (χ0n) is 30.4. The van der Waals surface area contributed by atoms with Gasteiger partial charge in [-0.2, -0.15) is 12.7 Å². The topological polar surface area (TPSA) is 184 Å².